The van der Waals surface area contributed by atoms with Crippen molar-refractivity contribution in [2.24, 2.45) is 0 Å². The fraction of sp³-hybridized carbons (Fsp3) is 0.591. The molecule has 4 rings (SSSR count). The van der Waals surface area contributed by atoms with Crippen LogP contribution in [0.1, 0.15) is 58.4 Å². The summed E-state index contributed by atoms with van der Waals surface area (Å²) in [6.45, 7) is 7.82. The molecule has 0 aliphatic carbocycles. The number of nitrogens with zero attached hydrogens (tertiary/aromatic N) is 3. The van der Waals surface area contributed by atoms with Crippen LogP contribution in [0.15, 0.2) is 35.4 Å². The largest absolute Gasteiger partial charge is 0.423 e. The second-order valence-electron chi connectivity index (χ2n) is 8.12. The molecule has 1 aliphatic rings. The monoisotopic (exact) mass is 415 g/mol. The molecule has 0 N–H and O–H groups in total. The molecule has 1 aromatic carbocycles. The summed E-state index contributed by atoms with van der Waals surface area (Å²) in [6.07, 6.45) is 5.89. The molecule has 8 heteroatoms. The van der Waals surface area contributed by atoms with Crippen LogP contribution in [0.3, 0.4) is 0 Å². The number of fused-ring (bicyclic) bond motifs is 3. The van der Waals surface area contributed by atoms with Gasteiger partial charge in [-0.3, -0.25) is 9.13 Å². The van der Waals surface area contributed by atoms with Crippen LogP contribution in [-0.4, -0.2) is 33.7 Å². The molecule has 0 unspecified atom stereocenters. The van der Waals surface area contributed by atoms with Crippen molar-refractivity contribution < 1.29 is 8.83 Å². The lowest BCUT2D eigenvalue weighted by Crippen LogP contribution is -2.38. The Bertz CT molecular complexity index is 1210. The minimum Gasteiger partial charge on any atom is -0.414 e. The van der Waals surface area contributed by atoms with Crippen LogP contribution in [0.25, 0.3) is 22.2 Å². The van der Waals surface area contributed by atoms with Crippen LogP contribution in [0.2, 0.25) is 0 Å². The SMILES string of the molecule is CCCCN1CCC(n2c(=O)n(CCCC)c3ccc4oc(=O)c(=O)oc4c32)CC1. The van der Waals surface area contributed by atoms with Gasteiger partial charge in [-0.25, -0.2) is 14.4 Å². The van der Waals surface area contributed by atoms with E-state index in [9.17, 15) is 14.4 Å². The summed E-state index contributed by atoms with van der Waals surface area (Å²) in [5.74, 6) is 0. The molecule has 3 heterocycles. The Morgan fingerprint density at radius 3 is 2.30 bits per heavy atom. The van der Waals surface area contributed by atoms with Crippen molar-refractivity contribution in [1.82, 2.24) is 14.0 Å². The number of likely N-dealkylation sites (tertiary alicyclic amines) is 1. The molecule has 30 heavy (non-hydrogen) atoms. The fourth-order valence-corrected chi connectivity index (χ4v) is 4.43. The first kappa shape index (κ1) is 20.7. The van der Waals surface area contributed by atoms with E-state index >= 15 is 0 Å². The molecular formula is C22H29N3O5. The molecule has 0 spiro atoms. The van der Waals surface area contributed by atoms with Crippen LogP contribution < -0.4 is 16.9 Å². The summed E-state index contributed by atoms with van der Waals surface area (Å²) < 4.78 is 14.0. The highest BCUT2D eigenvalue weighted by molar-refractivity contribution is 5.98. The number of aromatic nitrogens is 2. The van der Waals surface area contributed by atoms with E-state index in [0.29, 0.717) is 17.6 Å². The quantitative estimate of drug-likeness (QED) is 0.551. The first-order valence-corrected chi connectivity index (χ1v) is 11.0. The van der Waals surface area contributed by atoms with Crippen molar-refractivity contribution in [3.05, 3.63) is 43.5 Å². The maximum Gasteiger partial charge on any atom is 0.423 e. The first-order chi connectivity index (χ1) is 14.5. The Kier molecular flexibility index (Phi) is 5.94. The molecule has 1 saturated heterocycles. The predicted octanol–water partition coefficient (Wildman–Crippen LogP) is 3.10. The molecule has 1 aliphatic heterocycles. The van der Waals surface area contributed by atoms with Gasteiger partial charge in [0.15, 0.2) is 11.2 Å². The zero-order valence-electron chi connectivity index (χ0n) is 17.7. The lowest BCUT2D eigenvalue weighted by molar-refractivity contribution is 0.184. The minimum absolute atomic E-state index is 0.0172. The number of aryl methyl sites for hydroxylation is 1. The summed E-state index contributed by atoms with van der Waals surface area (Å²) >= 11 is 0. The summed E-state index contributed by atoms with van der Waals surface area (Å²) in [5.41, 5.74) is -0.540. The normalized spacial score (nSPS) is 16.1. The molecular weight excluding hydrogens is 386 g/mol. The van der Waals surface area contributed by atoms with E-state index in [1.54, 1.807) is 21.3 Å². The molecule has 162 valence electrons. The molecule has 8 nitrogen and oxygen atoms in total. The molecule has 3 aromatic rings. The Balaban J connectivity index is 1.85. The third kappa shape index (κ3) is 3.64. The predicted molar refractivity (Wildman–Crippen MR) is 115 cm³/mol. The van der Waals surface area contributed by atoms with E-state index in [1.807, 2.05) is 0 Å². The molecule has 0 radical (unpaired) electrons. The zero-order valence-corrected chi connectivity index (χ0v) is 17.7. The summed E-state index contributed by atoms with van der Waals surface area (Å²) in [4.78, 5) is 39.4. The molecule has 0 bridgehead atoms. The van der Waals surface area contributed by atoms with Gasteiger partial charge in [-0.2, -0.15) is 0 Å². The Labute approximate surface area is 173 Å². The standard InChI is InChI=1S/C22H29N3O5/c1-3-5-11-23-13-9-15(10-14-23)25-18-16(24(22(25)28)12-6-4-2)7-8-17-19(18)30-21(27)20(26)29-17/h7-8,15H,3-6,9-14H2,1-2H3. The van der Waals surface area contributed by atoms with Crippen molar-refractivity contribution in [2.45, 2.75) is 65.0 Å². The third-order valence-corrected chi connectivity index (χ3v) is 6.09. The van der Waals surface area contributed by atoms with E-state index in [4.69, 9.17) is 8.83 Å². The van der Waals surface area contributed by atoms with E-state index in [-0.39, 0.29) is 22.9 Å². The summed E-state index contributed by atoms with van der Waals surface area (Å²) in [7, 11) is 0. The zero-order chi connectivity index (χ0) is 21.3. The van der Waals surface area contributed by atoms with Gasteiger partial charge in [-0.1, -0.05) is 26.7 Å². The topological polar surface area (TPSA) is 90.6 Å². The van der Waals surface area contributed by atoms with Gasteiger partial charge >= 0.3 is 16.9 Å². The maximum atomic E-state index is 13.4. The Hall–Kier alpha value is -2.61. The van der Waals surface area contributed by atoms with Crippen molar-refractivity contribution in [2.75, 3.05) is 19.6 Å². The van der Waals surface area contributed by atoms with Gasteiger partial charge in [0.05, 0.1) is 5.52 Å². The molecule has 2 aromatic heterocycles. The summed E-state index contributed by atoms with van der Waals surface area (Å²) in [5, 5.41) is 0. The lowest BCUT2D eigenvalue weighted by atomic mass is 10.0. The summed E-state index contributed by atoms with van der Waals surface area (Å²) in [6, 6.07) is 3.40. The average Bonchev–Trinajstić information content (AvgIpc) is 3.03. The fourth-order valence-electron chi connectivity index (χ4n) is 4.43. The molecule has 0 saturated carbocycles. The van der Waals surface area contributed by atoms with Crippen LogP contribution in [-0.2, 0) is 6.54 Å². The second kappa shape index (κ2) is 8.63. The number of unbranched alkanes of at least 4 members (excludes halogenated alkanes) is 2. The molecule has 1 fully saturated rings. The van der Waals surface area contributed by atoms with Crippen LogP contribution >= 0.6 is 0 Å². The number of benzene rings is 1. The van der Waals surface area contributed by atoms with Crippen molar-refractivity contribution in [1.29, 1.82) is 0 Å². The van der Waals surface area contributed by atoms with Gasteiger partial charge in [-0.05, 0) is 44.4 Å². The number of hydrogen-bond donors (Lipinski definition) is 0. The van der Waals surface area contributed by atoms with Gasteiger partial charge in [-0.15, -0.1) is 0 Å². The van der Waals surface area contributed by atoms with Crippen molar-refractivity contribution >= 4 is 22.2 Å². The first-order valence-electron chi connectivity index (χ1n) is 11.0. The lowest BCUT2D eigenvalue weighted by Gasteiger charge is -2.32. The smallest absolute Gasteiger partial charge is 0.414 e. The van der Waals surface area contributed by atoms with Gasteiger partial charge in [0.2, 0.25) is 0 Å². The highest BCUT2D eigenvalue weighted by Gasteiger charge is 2.27. The second-order valence-corrected chi connectivity index (χ2v) is 8.12. The Morgan fingerprint density at radius 2 is 1.60 bits per heavy atom. The van der Waals surface area contributed by atoms with Gasteiger partial charge < -0.3 is 13.7 Å². The van der Waals surface area contributed by atoms with Gasteiger partial charge in [0.1, 0.15) is 5.52 Å². The molecule has 0 atom stereocenters. The van der Waals surface area contributed by atoms with Gasteiger partial charge in [0.25, 0.3) is 0 Å². The van der Waals surface area contributed by atoms with Crippen molar-refractivity contribution in [3.63, 3.8) is 0 Å². The van der Waals surface area contributed by atoms with Crippen LogP contribution in [0.4, 0.5) is 0 Å². The van der Waals surface area contributed by atoms with E-state index in [1.165, 1.54) is 12.8 Å². The number of imidazole rings is 1. The maximum absolute atomic E-state index is 13.4. The molecule has 0 amide bonds. The number of hydrogen-bond acceptors (Lipinski definition) is 6. The third-order valence-electron chi connectivity index (χ3n) is 6.09. The van der Waals surface area contributed by atoms with E-state index < -0.39 is 11.3 Å². The average molecular weight is 415 g/mol. The number of piperidine rings is 1. The van der Waals surface area contributed by atoms with Crippen LogP contribution in [0, 0.1) is 0 Å². The van der Waals surface area contributed by atoms with Crippen LogP contribution in [0.5, 0.6) is 0 Å². The van der Waals surface area contributed by atoms with Gasteiger partial charge in [0, 0.05) is 25.7 Å². The number of rotatable bonds is 7. The van der Waals surface area contributed by atoms with E-state index in [0.717, 1.165) is 45.3 Å². The minimum atomic E-state index is -1.05. The Morgan fingerprint density at radius 1 is 0.933 bits per heavy atom. The van der Waals surface area contributed by atoms with E-state index in [2.05, 4.69) is 18.7 Å². The highest BCUT2D eigenvalue weighted by Crippen LogP contribution is 2.30. The van der Waals surface area contributed by atoms with Crippen molar-refractivity contribution in [3.8, 4) is 0 Å². The highest BCUT2D eigenvalue weighted by atomic mass is 16.5.